The number of ether oxygens (including phenoxy) is 3. The molecule has 3 aromatic carbocycles. The number of carbonyl (C=O) groups is 1. The number of methoxy groups -OCH3 is 1. The number of imidazole rings is 1. The maximum Gasteiger partial charge on any atom is 0.286 e. The molecule has 3 heterocycles. The molecule has 4 aromatic rings. The van der Waals surface area contributed by atoms with Gasteiger partial charge in [-0.15, -0.1) is 23.5 Å². The van der Waals surface area contributed by atoms with Crippen molar-refractivity contribution in [3.8, 4) is 28.6 Å². The third-order valence-electron chi connectivity index (χ3n) is 9.15. The van der Waals surface area contributed by atoms with E-state index in [2.05, 4.69) is 53.9 Å². The van der Waals surface area contributed by atoms with Crippen molar-refractivity contribution in [1.82, 2.24) is 19.8 Å². The van der Waals surface area contributed by atoms with Crippen molar-refractivity contribution in [3.63, 3.8) is 0 Å². The highest BCUT2D eigenvalue weighted by Gasteiger charge is 2.38. The van der Waals surface area contributed by atoms with Gasteiger partial charge in [0.05, 0.1) is 39.8 Å². The van der Waals surface area contributed by atoms with E-state index < -0.39 is 4.92 Å². The number of thioether (sulfide) groups is 2. The molecule has 1 atom stereocenters. The lowest BCUT2D eigenvalue weighted by Crippen LogP contribution is -2.44. The second kappa shape index (κ2) is 16.3. The van der Waals surface area contributed by atoms with E-state index in [0.717, 1.165) is 72.9 Å². The number of benzene rings is 3. The van der Waals surface area contributed by atoms with Gasteiger partial charge in [-0.2, -0.15) is 0 Å². The Morgan fingerprint density at radius 3 is 2.42 bits per heavy atom. The second-order valence-electron chi connectivity index (χ2n) is 12.3. The number of aromatic nitrogens is 2. The van der Waals surface area contributed by atoms with Crippen LogP contribution >= 0.6 is 23.5 Å². The van der Waals surface area contributed by atoms with Crippen LogP contribution in [0.3, 0.4) is 0 Å². The zero-order valence-electron chi connectivity index (χ0n) is 28.9. The highest BCUT2D eigenvalue weighted by atomic mass is 32.2. The fourth-order valence-electron chi connectivity index (χ4n) is 6.49. The molecule has 1 unspecified atom stereocenters. The summed E-state index contributed by atoms with van der Waals surface area (Å²) in [5, 5.41) is 12.2. The van der Waals surface area contributed by atoms with Crippen LogP contribution in [0.4, 0.5) is 11.4 Å². The Balaban J connectivity index is 1.11. The molecule has 266 valence electrons. The van der Waals surface area contributed by atoms with Crippen LogP contribution in [-0.2, 0) is 0 Å². The number of hydrogen-bond acceptors (Lipinski definition) is 11. The lowest BCUT2D eigenvalue weighted by molar-refractivity contribution is -0.385. The second-order valence-corrected chi connectivity index (χ2v) is 15.4. The van der Waals surface area contributed by atoms with Crippen LogP contribution < -0.4 is 19.1 Å². The number of piperazine rings is 1. The highest BCUT2D eigenvalue weighted by Crippen LogP contribution is 2.39. The molecule has 0 aliphatic carbocycles. The summed E-state index contributed by atoms with van der Waals surface area (Å²) in [5.41, 5.74) is 3.64. The molecule has 2 aliphatic heterocycles. The summed E-state index contributed by atoms with van der Waals surface area (Å²) in [4.78, 5) is 40.2. The van der Waals surface area contributed by atoms with Crippen molar-refractivity contribution in [3.05, 3.63) is 70.3 Å². The molecule has 2 fully saturated rings. The first-order valence-electron chi connectivity index (χ1n) is 17.0. The van der Waals surface area contributed by atoms with E-state index >= 15 is 0 Å². The number of nitro groups is 1. The molecule has 14 heteroatoms. The van der Waals surface area contributed by atoms with Gasteiger partial charge in [0.1, 0.15) is 17.1 Å². The Bertz CT molecular complexity index is 1790. The van der Waals surface area contributed by atoms with E-state index in [9.17, 15) is 14.9 Å². The van der Waals surface area contributed by atoms with Crippen molar-refractivity contribution in [2.24, 2.45) is 0 Å². The van der Waals surface area contributed by atoms with Crippen molar-refractivity contribution in [2.45, 2.75) is 37.3 Å². The van der Waals surface area contributed by atoms with Gasteiger partial charge >= 0.3 is 0 Å². The zero-order chi connectivity index (χ0) is 35.2. The van der Waals surface area contributed by atoms with E-state index in [-0.39, 0.29) is 46.1 Å². The third kappa shape index (κ3) is 7.92. The van der Waals surface area contributed by atoms with Gasteiger partial charge in [0.2, 0.25) is 6.79 Å². The summed E-state index contributed by atoms with van der Waals surface area (Å²) in [6.07, 6.45) is 1.74. The molecular weight excluding hydrogens is 677 g/mol. The quantitative estimate of drug-likeness (QED) is 0.0845. The average Bonchev–Trinajstić information content (AvgIpc) is 3.79. The van der Waals surface area contributed by atoms with Gasteiger partial charge in [-0.3, -0.25) is 14.9 Å². The summed E-state index contributed by atoms with van der Waals surface area (Å²) < 4.78 is 17.4. The van der Waals surface area contributed by atoms with Crippen LogP contribution in [0.2, 0.25) is 0 Å². The van der Waals surface area contributed by atoms with Crippen LogP contribution in [0.25, 0.3) is 22.4 Å². The number of nitrogens with one attached hydrogen (secondary N) is 1. The number of hydrogen-bond donors (Lipinski definition) is 1. The van der Waals surface area contributed by atoms with Crippen LogP contribution in [0, 0.1) is 10.1 Å². The molecule has 2 aliphatic rings. The monoisotopic (exact) mass is 720 g/mol. The fourth-order valence-corrected chi connectivity index (χ4v) is 9.36. The number of likely N-dealkylation sites (N-methyl/N-ethyl adjacent to an activating group) is 1. The van der Waals surface area contributed by atoms with Crippen molar-refractivity contribution in [1.29, 1.82) is 0 Å². The van der Waals surface area contributed by atoms with Crippen LogP contribution in [0.15, 0.2) is 54.6 Å². The van der Waals surface area contributed by atoms with Crippen molar-refractivity contribution >= 4 is 51.8 Å². The molecule has 1 N–H and O–H groups in total. The lowest BCUT2D eigenvalue weighted by Gasteiger charge is -2.34. The first kappa shape index (κ1) is 35.7. The van der Waals surface area contributed by atoms with Gasteiger partial charge in [-0.25, -0.2) is 4.98 Å². The van der Waals surface area contributed by atoms with E-state index in [4.69, 9.17) is 19.2 Å². The van der Waals surface area contributed by atoms with Gasteiger partial charge in [0.15, 0.2) is 11.5 Å². The number of anilines is 1. The molecule has 2 saturated heterocycles. The molecule has 0 saturated carbocycles. The molecule has 0 bridgehead atoms. The zero-order valence-corrected chi connectivity index (χ0v) is 30.6. The summed E-state index contributed by atoms with van der Waals surface area (Å²) >= 11 is 3.63. The summed E-state index contributed by atoms with van der Waals surface area (Å²) in [6.45, 7) is 8.64. The molecule has 12 nitrogen and oxygen atoms in total. The predicted molar refractivity (Wildman–Crippen MR) is 201 cm³/mol. The molecule has 6 rings (SSSR count). The largest absolute Gasteiger partial charge is 0.493 e. The fraction of sp³-hybridized carbons (Fsp3) is 0.444. The van der Waals surface area contributed by atoms with Gasteiger partial charge in [0.25, 0.3) is 11.6 Å². The molecule has 1 aromatic heterocycles. The molecule has 0 spiro atoms. The number of nitro benzene ring substituents is 1. The van der Waals surface area contributed by atoms with Gasteiger partial charge in [-0.05, 0) is 73.9 Å². The van der Waals surface area contributed by atoms with E-state index in [1.807, 2.05) is 47.8 Å². The van der Waals surface area contributed by atoms with Crippen LogP contribution in [0.1, 0.15) is 37.0 Å². The number of likely N-dealkylation sites (tertiary alicyclic amines) is 1. The molecule has 1 amide bonds. The summed E-state index contributed by atoms with van der Waals surface area (Å²) in [5.74, 6) is 3.14. The SMILES string of the molecule is CCSC(SCC)C1CCCN1C(=O)c1cc(OC)c(OCOc2ccc(-c3nc4ccc(N5CCN(C)CC5)cc4[nH]3)cc2)cc1[N+](=O)[O-]. The van der Waals surface area contributed by atoms with E-state index in [0.29, 0.717) is 12.3 Å². The first-order chi connectivity index (χ1) is 24.3. The van der Waals surface area contributed by atoms with Gasteiger partial charge in [-0.1, -0.05) is 13.8 Å². The number of rotatable bonds is 14. The Labute approximate surface area is 301 Å². The van der Waals surface area contributed by atoms with Crippen LogP contribution in [0.5, 0.6) is 17.2 Å². The van der Waals surface area contributed by atoms with Gasteiger partial charge in [0, 0.05) is 50.0 Å². The first-order valence-corrected chi connectivity index (χ1v) is 19.1. The van der Waals surface area contributed by atoms with E-state index in [1.54, 1.807) is 4.90 Å². The van der Waals surface area contributed by atoms with Crippen molar-refractivity contribution in [2.75, 3.05) is 70.1 Å². The number of nitrogens with zero attached hydrogens (tertiary/aromatic N) is 5. The Hall–Kier alpha value is -4.14. The maximum atomic E-state index is 13.8. The summed E-state index contributed by atoms with van der Waals surface area (Å²) in [7, 11) is 3.59. The smallest absolute Gasteiger partial charge is 0.286 e. The standard InChI is InChI=1S/C36H44N6O6S2/c1-5-49-36(50-6-2)30-8-7-15-41(30)35(43)27-21-32(46-4)33(22-31(27)42(44)45)48-23-47-26-12-9-24(10-13-26)34-37-28-14-11-25(20-29(28)38-34)40-18-16-39(3)17-19-40/h9-14,20-22,30,36H,5-8,15-19,23H2,1-4H3,(H,37,38). The molecule has 50 heavy (non-hydrogen) atoms. The lowest BCUT2D eigenvalue weighted by atomic mass is 10.1. The minimum absolute atomic E-state index is 0.00517. The Morgan fingerprint density at radius 2 is 1.74 bits per heavy atom. The number of aromatic amines is 1. The van der Waals surface area contributed by atoms with E-state index in [1.165, 1.54) is 24.9 Å². The molecular formula is C36H44N6O6S2. The van der Waals surface area contributed by atoms with Crippen LogP contribution in [-0.4, -0.2) is 106 Å². The Morgan fingerprint density at radius 1 is 1.00 bits per heavy atom. The predicted octanol–water partition coefficient (Wildman–Crippen LogP) is 6.75. The van der Waals surface area contributed by atoms with Crippen molar-refractivity contribution < 1.29 is 23.9 Å². The topological polar surface area (TPSA) is 126 Å². The minimum atomic E-state index is -0.547. The number of fused-ring (bicyclic) bond motifs is 1. The minimum Gasteiger partial charge on any atom is -0.493 e. The number of carbonyl (C=O) groups excluding carboxylic acids is 1. The third-order valence-corrected chi connectivity index (χ3v) is 11.9. The summed E-state index contributed by atoms with van der Waals surface area (Å²) in [6, 6.07) is 16.5. The normalized spacial score (nSPS) is 16.7. The number of H-pyrrole nitrogens is 1. The Kier molecular flexibility index (Phi) is 11.6. The average molecular weight is 721 g/mol. The molecule has 0 radical (unpaired) electrons. The van der Waals surface area contributed by atoms with Gasteiger partial charge < -0.3 is 33.9 Å². The highest BCUT2D eigenvalue weighted by molar-refractivity contribution is 8.17. The number of amides is 1. The maximum absolute atomic E-state index is 13.8.